The lowest BCUT2D eigenvalue weighted by Gasteiger charge is -2.41. The molecule has 1 aliphatic rings. The Kier molecular flexibility index (Phi) is 6.30. The molecule has 1 aromatic heterocycles. The number of nitrogens with one attached hydrogen (secondary N) is 1. The van der Waals surface area contributed by atoms with Crippen molar-refractivity contribution in [1.29, 1.82) is 0 Å². The summed E-state index contributed by atoms with van der Waals surface area (Å²) in [6.07, 6.45) is -0.662. The van der Waals surface area contributed by atoms with Crippen molar-refractivity contribution in [2.75, 3.05) is 26.3 Å². The van der Waals surface area contributed by atoms with Gasteiger partial charge in [0.1, 0.15) is 12.4 Å². The fourth-order valence-corrected chi connectivity index (χ4v) is 3.69. The number of rotatable bonds is 6. The number of benzene rings is 1. The fraction of sp³-hybridized carbons (Fsp3) is 0.474. The number of ether oxygens (including phenoxy) is 1. The molecule has 1 aliphatic heterocycles. The lowest BCUT2D eigenvalue weighted by Crippen LogP contribution is -2.50. The number of hydrogen-bond donors (Lipinski definition) is 1. The minimum atomic E-state index is -4.49. The minimum absolute atomic E-state index is 0.0446. The van der Waals surface area contributed by atoms with E-state index >= 15 is 0 Å². The maximum atomic E-state index is 13.2. The van der Waals surface area contributed by atoms with Gasteiger partial charge in [0.25, 0.3) is 0 Å². The van der Waals surface area contributed by atoms with E-state index in [1.54, 1.807) is 12.1 Å². The van der Waals surface area contributed by atoms with Gasteiger partial charge in [0.2, 0.25) is 5.91 Å². The molecule has 1 fully saturated rings. The van der Waals surface area contributed by atoms with Crippen LogP contribution in [0.2, 0.25) is 5.02 Å². The van der Waals surface area contributed by atoms with Crippen molar-refractivity contribution in [3.8, 4) is 0 Å². The van der Waals surface area contributed by atoms with Gasteiger partial charge in [0, 0.05) is 42.6 Å². The first-order valence-corrected chi connectivity index (χ1v) is 9.32. The summed E-state index contributed by atoms with van der Waals surface area (Å²) < 4.78 is 45.1. The number of H-pyrrole nitrogens is 1. The number of amides is 1. The fourth-order valence-electron chi connectivity index (χ4n) is 3.57. The highest BCUT2D eigenvalue weighted by Gasteiger charge is 2.41. The molecule has 1 amide bonds. The monoisotopic (exact) mass is 415 g/mol. The third kappa shape index (κ3) is 5.26. The van der Waals surface area contributed by atoms with E-state index in [-0.39, 0.29) is 13.0 Å². The van der Waals surface area contributed by atoms with Crippen LogP contribution in [0.25, 0.3) is 0 Å². The molecule has 9 heteroatoms. The molecule has 1 aromatic carbocycles. The van der Waals surface area contributed by atoms with Crippen LogP contribution < -0.4 is 0 Å². The zero-order valence-corrected chi connectivity index (χ0v) is 15.9. The van der Waals surface area contributed by atoms with Crippen LogP contribution in [-0.4, -0.2) is 53.3 Å². The molecule has 152 valence electrons. The van der Waals surface area contributed by atoms with Gasteiger partial charge in [-0.3, -0.25) is 4.79 Å². The summed E-state index contributed by atoms with van der Waals surface area (Å²) >= 11 is 5.97. The Hall–Kier alpha value is -2.06. The number of carbonyl (C=O) groups is 1. The second-order valence-corrected chi connectivity index (χ2v) is 7.41. The lowest BCUT2D eigenvalue weighted by atomic mass is 9.73. The van der Waals surface area contributed by atoms with Crippen molar-refractivity contribution in [3.05, 3.63) is 53.1 Å². The Bertz CT molecular complexity index is 773. The molecule has 1 N–H and O–H groups in total. The van der Waals surface area contributed by atoms with Crippen LogP contribution in [-0.2, 0) is 21.4 Å². The summed E-state index contributed by atoms with van der Waals surface area (Å²) in [6, 6.07) is 7.06. The van der Waals surface area contributed by atoms with Crippen LogP contribution >= 0.6 is 11.6 Å². The van der Waals surface area contributed by atoms with Crippen LogP contribution in [0.5, 0.6) is 0 Å². The smallest absolute Gasteiger partial charge is 0.381 e. The number of carbonyl (C=O) groups excluding carboxylic acids is 1. The van der Waals surface area contributed by atoms with Gasteiger partial charge in [-0.1, -0.05) is 23.7 Å². The molecule has 2 aromatic rings. The maximum Gasteiger partial charge on any atom is 0.406 e. The highest BCUT2D eigenvalue weighted by molar-refractivity contribution is 6.30. The van der Waals surface area contributed by atoms with E-state index in [1.165, 1.54) is 12.4 Å². The van der Waals surface area contributed by atoms with Crippen LogP contribution in [0.3, 0.4) is 0 Å². The second-order valence-electron chi connectivity index (χ2n) is 6.98. The predicted molar refractivity (Wildman–Crippen MR) is 98.1 cm³/mol. The molecule has 0 atom stereocenters. The van der Waals surface area contributed by atoms with Crippen molar-refractivity contribution in [3.63, 3.8) is 0 Å². The van der Waals surface area contributed by atoms with Crippen molar-refractivity contribution in [1.82, 2.24) is 14.9 Å². The number of alkyl halides is 3. The van der Waals surface area contributed by atoms with Gasteiger partial charge in [0.15, 0.2) is 0 Å². The summed E-state index contributed by atoms with van der Waals surface area (Å²) in [7, 11) is 0. The van der Waals surface area contributed by atoms with Crippen LogP contribution in [0.4, 0.5) is 13.2 Å². The van der Waals surface area contributed by atoms with Gasteiger partial charge in [0.05, 0.1) is 6.42 Å². The average molecular weight is 416 g/mol. The van der Waals surface area contributed by atoms with Gasteiger partial charge in [-0.25, -0.2) is 4.98 Å². The van der Waals surface area contributed by atoms with Crippen LogP contribution in [0.1, 0.15) is 24.2 Å². The third-order valence-corrected chi connectivity index (χ3v) is 5.25. The van der Waals surface area contributed by atoms with E-state index < -0.39 is 24.0 Å². The molecule has 0 spiro atoms. The zero-order valence-electron chi connectivity index (χ0n) is 15.1. The molecule has 5 nitrogen and oxygen atoms in total. The summed E-state index contributed by atoms with van der Waals surface area (Å²) in [5.74, 6) is -0.281. The molecule has 0 radical (unpaired) electrons. The average Bonchev–Trinajstić information content (AvgIpc) is 3.14. The Morgan fingerprint density at radius 2 is 1.93 bits per heavy atom. The van der Waals surface area contributed by atoms with Gasteiger partial charge in [-0.15, -0.1) is 0 Å². The Balaban J connectivity index is 1.88. The first kappa shape index (κ1) is 20.7. The Morgan fingerprint density at radius 3 is 2.50 bits per heavy atom. The number of imidazole rings is 1. The molecule has 1 saturated heterocycles. The van der Waals surface area contributed by atoms with Crippen molar-refractivity contribution < 1.29 is 22.7 Å². The van der Waals surface area contributed by atoms with Crippen molar-refractivity contribution >= 4 is 17.5 Å². The zero-order chi connectivity index (χ0) is 20.2. The predicted octanol–water partition coefficient (Wildman–Crippen LogP) is 3.74. The summed E-state index contributed by atoms with van der Waals surface area (Å²) in [5, 5.41) is 0.548. The van der Waals surface area contributed by atoms with Gasteiger partial charge >= 0.3 is 6.18 Å². The van der Waals surface area contributed by atoms with E-state index in [9.17, 15) is 18.0 Å². The van der Waals surface area contributed by atoms with E-state index in [4.69, 9.17) is 16.3 Å². The van der Waals surface area contributed by atoms with Gasteiger partial charge in [-0.2, -0.15) is 13.2 Å². The molecular formula is C19H21ClF3N3O2. The van der Waals surface area contributed by atoms with Crippen molar-refractivity contribution in [2.45, 2.75) is 30.9 Å². The first-order chi connectivity index (χ1) is 13.3. The normalized spacial score (nSPS) is 16.7. The van der Waals surface area contributed by atoms with Crippen molar-refractivity contribution in [2.24, 2.45) is 0 Å². The SMILES string of the molecule is O=C(Cc1ncc[nH]1)N(CC(F)(F)F)CC1(c2ccc(Cl)cc2)CCOCC1. The number of aromatic amines is 1. The molecule has 28 heavy (non-hydrogen) atoms. The number of halogens is 4. The molecule has 0 unspecified atom stereocenters. The Morgan fingerprint density at radius 1 is 1.25 bits per heavy atom. The summed E-state index contributed by atoms with van der Waals surface area (Å²) in [4.78, 5) is 20.3. The molecule has 0 saturated carbocycles. The topological polar surface area (TPSA) is 58.2 Å². The molecule has 2 heterocycles. The van der Waals surface area contributed by atoms with Gasteiger partial charge < -0.3 is 14.6 Å². The second kappa shape index (κ2) is 8.53. The molecular weight excluding hydrogens is 395 g/mol. The van der Waals surface area contributed by atoms with E-state index in [0.717, 1.165) is 10.5 Å². The maximum absolute atomic E-state index is 13.2. The standard InChI is InChI=1S/C19H21ClF3N3O2/c20-15-3-1-14(2-4-15)18(5-9-28-10-6-18)12-26(13-19(21,22)23)17(27)11-16-24-7-8-25-16/h1-4,7-8H,5-6,9-13H2,(H,24,25). The highest BCUT2D eigenvalue weighted by Crippen LogP contribution is 2.37. The largest absolute Gasteiger partial charge is 0.406 e. The molecule has 0 aliphatic carbocycles. The van der Waals surface area contributed by atoms with E-state index in [2.05, 4.69) is 9.97 Å². The lowest BCUT2D eigenvalue weighted by molar-refractivity contribution is -0.163. The van der Waals surface area contributed by atoms with Crippen LogP contribution in [0.15, 0.2) is 36.7 Å². The molecule has 0 bridgehead atoms. The minimum Gasteiger partial charge on any atom is -0.381 e. The van der Waals surface area contributed by atoms with E-state index in [1.807, 2.05) is 12.1 Å². The van der Waals surface area contributed by atoms with E-state index in [0.29, 0.717) is 36.9 Å². The highest BCUT2D eigenvalue weighted by atomic mass is 35.5. The quantitative estimate of drug-likeness (QED) is 0.781. The number of nitrogens with zero attached hydrogens (tertiary/aromatic N) is 2. The number of aromatic nitrogens is 2. The summed E-state index contributed by atoms with van der Waals surface area (Å²) in [6.45, 7) is -0.497. The summed E-state index contributed by atoms with van der Waals surface area (Å²) in [5.41, 5.74) is 0.241. The molecule has 3 rings (SSSR count). The number of hydrogen-bond acceptors (Lipinski definition) is 3. The third-order valence-electron chi connectivity index (χ3n) is 5.00. The first-order valence-electron chi connectivity index (χ1n) is 8.94. The Labute approximate surface area is 165 Å². The van der Waals surface area contributed by atoms with Crippen LogP contribution in [0, 0.1) is 0 Å². The van der Waals surface area contributed by atoms with Gasteiger partial charge in [-0.05, 0) is 30.5 Å².